The maximum absolute atomic E-state index is 13.0. The van der Waals surface area contributed by atoms with E-state index in [0.29, 0.717) is 24.6 Å². The SMILES string of the molecule is COc1ccc(Oc2ccc([N+](=O)[O-])cc2C(=O)N2CCCC(N)C2)cc1. The van der Waals surface area contributed by atoms with Crippen molar-refractivity contribution in [3.63, 3.8) is 0 Å². The van der Waals surface area contributed by atoms with Gasteiger partial charge in [0.05, 0.1) is 17.6 Å². The number of nitro benzene ring substituents is 1. The van der Waals surface area contributed by atoms with E-state index in [0.717, 1.165) is 12.8 Å². The third-order valence-electron chi connectivity index (χ3n) is 4.44. The van der Waals surface area contributed by atoms with Crippen molar-refractivity contribution < 1.29 is 19.2 Å². The molecule has 0 saturated carbocycles. The first kappa shape index (κ1) is 18.7. The first-order valence-electron chi connectivity index (χ1n) is 8.63. The molecule has 0 radical (unpaired) electrons. The highest BCUT2D eigenvalue weighted by molar-refractivity contribution is 5.97. The summed E-state index contributed by atoms with van der Waals surface area (Å²) < 4.78 is 10.9. The van der Waals surface area contributed by atoms with Crippen LogP contribution in [0.25, 0.3) is 0 Å². The topological polar surface area (TPSA) is 108 Å². The second-order valence-electron chi connectivity index (χ2n) is 6.37. The minimum absolute atomic E-state index is 0.0904. The number of likely N-dealkylation sites (tertiary alicyclic amines) is 1. The molecule has 8 heteroatoms. The minimum Gasteiger partial charge on any atom is -0.497 e. The second kappa shape index (κ2) is 8.05. The van der Waals surface area contributed by atoms with Crippen molar-refractivity contribution in [3.8, 4) is 17.2 Å². The Morgan fingerprint density at radius 2 is 1.93 bits per heavy atom. The molecule has 0 bridgehead atoms. The molecule has 3 rings (SSSR count). The molecule has 142 valence electrons. The zero-order valence-corrected chi connectivity index (χ0v) is 15.0. The number of rotatable bonds is 5. The number of nitrogens with zero attached hydrogens (tertiary/aromatic N) is 2. The summed E-state index contributed by atoms with van der Waals surface area (Å²) in [6, 6.07) is 10.8. The molecule has 2 aromatic rings. The van der Waals surface area contributed by atoms with Crippen molar-refractivity contribution in [1.82, 2.24) is 4.90 Å². The summed E-state index contributed by atoms with van der Waals surface area (Å²) in [4.78, 5) is 25.2. The van der Waals surface area contributed by atoms with Crippen molar-refractivity contribution in [3.05, 3.63) is 58.1 Å². The largest absolute Gasteiger partial charge is 0.497 e. The lowest BCUT2D eigenvalue weighted by Crippen LogP contribution is -2.45. The van der Waals surface area contributed by atoms with Crippen molar-refractivity contribution in [2.75, 3.05) is 20.2 Å². The van der Waals surface area contributed by atoms with E-state index < -0.39 is 4.92 Å². The molecular formula is C19H21N3O5. The van der Waals surface area contributed by atoms with Crippen LogP contribution in [0.4, 0.5) is 5.69 Å². The van der Waals surface area contributed by atoms with Gasteiger partial charge < -0.3 is 20.1 Å². The molecule has 1 amide bonds. The van der Waals surface area contributed by atoms with E-state index in [-0.39, 0.29) is 28.9 Å². The summed E-state index contributed by atoms with van der Waals surface area (Å²) in [6.07, 6.45) is 1.66. The molecule has 0 spiro atoms. The van der Waals surface area contributed by atoms with Crippen LogP contribution in [0.3, 0.4) is 0 Å². The van der Waals surface area contributed by atoms with Gasteiger partial charge in [-0.15, -0.1) is 0 Å². The summed E-state index contributed by atoms with van der Waals surface area (Å²) in [5, 5.41) is 11.2. The van der Waals surface area contributed by atoms with E-state index >= 15 is 0 Å². The lowest BCUT2D eigenvalue weighted by molar-refractivity contribution is -0.384. The Balaban J connectivity index is 1.92. The third-order valence-corrected chi connectivity index (χ3v) is 4.44. The molecule has 1 fully saturated rings. The van der Waals surface area contributed by atoms with E-state index in [2.05, 4.69) is 0 Å². The number of benzene rings is 2. The van der Waals surface area contributed by atoms with Gasteiger partial charge in [-0.2, -0.15) is 0 Å². The van der Waals surface area contributed by atoms with Crippen LogP contribution in [-0.2, 0) is 0 Å². The first-order valence-corrected chi connectivity index (χ1v) is 8.63. The van der Waals surface area contributed by atoms with Gasteiger partial charge in [-0.1, -0.05) is 0 Å². The minimum atomic E-state index is -0.532. The highest BCUT2D eigenvalue weighted by Crippen LogP contribution is 2.31. The number of piperidine rings is 1. The Kier molecular flexibility index (Phi) is 5.56. The van der Waals surface area contributed by atoms with E-state index in [1.165, 1.54) is 18.2 Å². The number of carbonyl (C=O) groups excluding carboxylic acids is 1. The molecule has 27 heavy (non-hydrogen) atoms. The van der Waals surface area contributed by atoms with Gasteiger partial charge in [-0.05, 0) is 43.2 Å². The number of hydrogen-bond acceptors (Lipinski definition) is 6. The molecule has 1 saturated heterocycles. The highest BCUT2D eigenvalue weighted by atomic mass is 16.6. The summed E-state index contributed by atoms with van der Waals surface area (Å²) in [7, 11) is 1.56. The van der Waals surface area contributed by atoms with Gasteiger partial charge in [0.2, 0.25) is 0 Å². The number of hydrogen-bond donors (Lipinski definition) is 1. The maximum atomic E-state index is 13.0. The quantitative estimate of drug-likeness (QED) is 0.639. The number of amides is 1. The Hall–Kier alpha value is -3.13. The van der Waals surface area contributed by atoms with E-state index in [1.807, 2.05) is 0 Å². The number of ether oxygens (including phenoxy) is 2. The average molecular weight is 371 g/mol. The molecule has 2 N–H and O–H groups in total. The fourth-order valence-electron chi connectivity index (χ4n) is 3.02. The molecule has 1 aliphatic rings. The fourth-order valence-corrected chi connectivity index (χ4v) is 3.02. The molecule has 0 aliphatic carbocycles. The smallest absolute Gasteiger partial charge is 0.270 e. The molecule has 1 unspecified atom stereocenters. The van der Waals surface area contributed by atoms with Gasteiger partial charge in [-0.3, -0.25) is 14.9 Å². The predicted molar refractivity (Wildman–Crippen MR) is 99.3 cm³/mol. The zero-order valence-electron chi connectivity index (χ0n) is 15.0. The normalized spacial score (nSPS) is 16.7. The molecule has 1 atom stereocenters. The lowest BCUT2D eigenvalue weighted by Gasteiger charge is -2.31. The van der Waals surface area contributed by atoms with Crippen LogP contribution in [0.5, 0.6) is 17.2 Å². The van der Waals surface area contributed by atoms with Crippen LogP contribution >= 0.6 is 0 Å². The number of nitrogens with two attached hydrogens (primary N) is 1. The monoisotopic (exact) mass is 371 g/mol. The predicted octanol–water partition coefficient (Wildman–Crippen LogP) is 2.96. The second-order valence-corrected chi connectivity index (χ2v) is 6.37. The molecule has 1 aliphatic heterocycles. The fraction of sp³-hybridized carbons (Fsp3) is 0.316. The van der Waals surface area contributed by atoms with Crippen LogP contribution in [0, 0.1) is 10.1 Å². The zero-order chi connectivity index (χ0) is 19.4. The number of carbonyl (C=O) groups is 1. The van der Waals surface area contributed by atoms with Crippen molar-refractivity contribution in [1.29, 1.82) is 0 Å². The summed E-state index contributed by atoms with van der Waals surface area (Å²) >= 11 is 0. The van der Waals surface area contributed by atoms with Crippen molar-refractivity contribution >= 4 is 11.6 Å². The summed E-state index contributed by atoms with van der Waals surface area (Å²) in [6.45, 7) is 0.987. The van der Waals surface area contributed by atoms with Crippen molar-refractivity contribution in [2.24, 2.45) is 5.73 Å². The van der Waals surface area contributed by atoms with E-state index in [4.69, 9.17) is 15.2 Å². The number of nitro groups is 1. The molecule has 1 heterocycles. The van der Waals surface area contributed by atoms with Crippen molar-refractivity contribution in [2.45, 2.75) is 18.9 Å². The van der Waals surface area contributed by atoms with Crippen LogP contribution in [0.2, 0.25) is 0 Å². The van der Waals surface area contributed by atoms with E-state index in [9.17, 15) is 14.9 Å². The van der Waals surface area contributed by atoms with Crippen LogP contribution in [-0.4, -0.2) is 42.0 Å². The van der Waals surface area contributed by atoms with Gasteiger partial charge in [-0.25, -0.2) is 0 Å². The third kappa shape index (κ3) is 4.35. The Morgan fingerprint density at radius 3 is 2.56 bits per heavy atom. The number of non-ortho nitro benzene ring substituents is 1. The summed E-state index contributed by atoms with van der Waals surface area (Å²) in [5.74, 6) is 1.10. The van der Waals surface area contributed by atoms with Gasteiger partial charge in [0.15, 0.2) is 0 Å². The Bertz CT molecular complexity index is 838. The Labute approximate surface area is 156 Å². The standard InChI is InChI=1S/C19H21N3O5/c1-26-15-5-7-16(8-6-15)27-18-9-4-14(22(24)25)11-17(18)19(23)21-10-2-3-13(20)12-21/h4-9,11,13H,2-3,10,12,20H2,1H3. The van der Waals surface area contributed by atoms with Gasteiger partial charge in [0.1, 0.15) is 17.2 Å². The van der Waals surface area contributed by atoms with E-state index in [1.54, 1.807) is 36.3 Å². The first-order chi connectivity index (χ1) is 13.0. The van der Waals surface area contributed by atoms with Gasteiger partial charge in [0.25, 0.3) is 11.6 Å². The Morgan fingerprint density at radius 1 is 1.22 bits per heavy atom. The molecule has 8 nitrogen and oxygen atoms in total. The summed E-state index contributed by atoms with van der Waals surface area (Å²) in [5.41, 5.74) is 5.95. The molecule has 2 aromatic carbocycles. The average Bonchev–Trinajstić information content (AvgIpc) is 2.68. The molecule has 0 aromatic heterocycles. The van der Waals surface area contributed by atoms with Gasteiger partial charge >= 0.3 is 0 Å². The molecular weight excluding hydrogens is 350 g/mol. The van der Waals surface area contributed by atoms with Crippen LogP contribution in [0.1, 0.15) is 23.2 Å². The number of methoxy groups -OCH3 is 1. The van der Waals surface area contributed by atoms with Crippen LogP contribution in [0.15, 0.2) is 42.5 Å². The lowest BCUT2D eigenvalue weighted by atomic mass is 10.0. The van der Waals surface area contributed by atoms with Crippen LogP contribution < -0.4 is 15.2 Å². The van der Waals surface area contributed by atoms with Gasteiger partial charge in [0, 0.05) is 31.3 Å². The maximum Gasteiger partial charge on any atom is 0.270 e. The highest BCUT2D eigenvalue weighted by Gasteiger charge is 2.26.